The van der Waals surface area contributed by atoms with Crippen molar-refractivity contribution in [2.24, 2.45) is 5.92 Å². The first-order valence-electron chi connectivity index (χ1n) is 6.70. The summed E-state index contributed by atoms with van der Waals surface area (Å²) in [5.41, 5.74) is 0.253. The molecule has 0 bridgehead atoms. The van der Waals surface area contributed by atoms with Crippen molar-refractivity contribution in [2.75, 3.05) is 18.0 Å². The number of ketones is 1. The number of piperidine rings is 1. The van der Waals surface area contributed by atoms with Crippen LogP contribution in [0, 0.1) is 5.92 Å². The molecule has 2 rings (SSSR count). The monoisotopic (exact) mass is 317 g/mol. The molecule has 0 radical (unpaired) electrons. The van der Waals surface area contributed by atoms with Crippen LogP contribution in [0.5, 0.6) is 0 Å². The topological polar surface area (TPSA) is 54.5 Å². The summed E-state index contributed by atoms with van der Waals surface area (Å²) >= 11 is 0. The minimum Gasteiger partial charge on any atom is -0.370 e. The zero-order chi connectivity index (χ0) is 15.6. The van der Waals surface area contributed by atoms with Crippen LogP contribution in [0.25, 0.3) is 0 Å². The molecule has 1 saturated heterocycles. The molecule has 0 amide bonds. The molecule has 1 aromatic rings. The molecule has 0 N–H and O–H groups in total. The maximum Gasteiger partial charge on any atom is 0.341 e. The number of alkyl halides is 2. The summed E-state index contributed by atoms with van der Waals surface area (Å²) in [7, 11) is -4.65. The maximum absolute atomic E-state index is 12.8. The highest BCUT2D eigenvalue weighted by Crippen LogP contribution is 2.32. The number of benzene rings is 1. The molecule has 4 nitrogen and oxygen atoms in total. The summed E-state index contributed by atoms with van der Waals surface area (Å²) in [4.78, 5) is 12.8. The molecule has 0 saturated carbocycles. The number of halogens is 2. The summed E-state index contributed by atoms with van der Waals surface area (Å²) in [5.74, 6) is -3.60. The van der Waals surface area contributed by atoms with Crippen LogP contribution < -0.4 is 4.90 Å². The number of nitrogens with zero attached hydrogens (tertiary/aromatic N) is 1. The summed E-state index contributed by atoms with van der Waals surface area (Å²) < 4.78 is 49.1. The average Bonchev–Trinajstić information content (AvgIpc) is 2.47. The standard InChI is InChI=1S/C14H17F2NO3S/c1-10(18)11-5-4-8-17(9-11)12-6-2-3-7-13(12)21(19,20)14(15)16/h2-3,6-7,11,14H,4-5,8-9H2,1H3. The number of para-hydroxylation sites is 1. The van der Waals surface area contributed by atoms with Crippen LogP contribution in [0.3, 0.4) is 0 Å². The first-order valence-corrected chi connectivity index (χ1v) is 8.25. The van der Waals surface area contributed by atoms with Crippen LogP contribution in [0.2, 0.25) is 0 Å². The Kier molecular flexibility index (Phi) is 4.61. The van der Waals surface area contributed by atoms with Gasteiger partial charge in [0.15, 0.2) is 0 Å². The second kappa shape index (κ2) is 6.09. The summed E-state index contributed by atoms with van der Waals surface area (Å²) in [5, 5.41) is 0. The van der Waals surface area contributed by atoms with Crippen LogP contribution in [-0.2, 0) is 14.6 Å². The largest absolute Gasteiger partial charge is 0.370 e. The molecule has 1 aliphatic heterocycles. The minimum atomic E-state index is -4.65. The summed E-state index contributed by atoms with van der Waals surface area (Å²) in [6.07, 6.45) is 1.48. The lowest BCUT2D eigenvalue weighted by Crippen LogP contribution is -2.38. The maximum atomic E-state index is 12.8. The lowest BCUT2D eigenvalue weighted by Gasteiger charge is -2.34. The van der Waals surface area contributed by atoms with Gasteiger partial charge in [-0.05, 0) is 31.9 Å². The number of hydrogen-bond acceptors (Lipinski definition) is 4. The number of carbonyl (C=O) groups excluding carboxylic acids is 1. The van der Waals surface area contributed by atoms with Crippen molar-refractivity contribution in [3.05, 3.63) is 24.3 Å². The van der Waals surface area contributed by atoms with E-state index in [2.05, 4.69) is 0 Å². The van der Waals surface area contributed by atoms with Gasteiger partial charge in [0.2, 0.25) is 9.84 Å². The molecule has 1 aromatic carbocycles. The molecule has 1 aliphatic rings. The Morgan fingerprint density at radius 1 is 1.33 bits per heavy atom. The highest BCUT2D eigenvalue weighted by molar-refractivity contribution is 7.91. The van der Waals surface area contributed by atoms with Crippen LogP contribution >= 0.6 is 0 Å². The summed E-state index contributed by atoms with van der Waals surface area (Å²) in [6, 6.07) is 5.73. The van der Waals surface area contributed by atoms with E-state index < -0.39 is 15.6 Å². The molecule has 1 unspecified atom stereocenters. The zero-order valence-electron chi connectivity index (χ0n) is 11.6. The van der Waals surface area contributed by atoms with Gasteiger partial charge in [0.25, 0.3) is 0 Å². The Labute approximate surface area is 122 Å². The smallest absolute Gasteiger partial charge is 0.341 e. The van der Waals surface area contributed by atoms with Crippen LogP contribution in [-0.4, -0.2) is 33.0 Å². The van der Waals surface area contributed by atoms with E-state index >= 15 is 0 Å². The van der Waals surface area contributed by atoms with E-state index in [1.54, 1.807) is 11.0 Å². The fourth-order valence-corrected chi connectivity index (χ4v) is 3.53. The first-order chi connectivity index (χ1) is 9.84. The Bertz CT molecular complexity index is 631. The number of anilines is 1. The number of sulfone groups is 1. The lowest BCUT2D eigenvalue weighted by atomic mass is 9.94. The molecule has 0 spiro atoms. The number of hydrogen-bond donors (Lipinski definition) is 0. The van der Waals surface area contributed by atoms with Gasteiger partial charge in [-0.25, -0.2) is 8.42 Å². The first kappa shape index (κ1) is 15.9. The summed E-state index contributed by atoms with van der Waals surface area (Å²) in [6.45, 7) is 2.42. The SMILES string of the molecule is CC(=O)C1CCCN(c2ccccc2S(=O)(=O)C(F)F)C1. The molecule has 1 heterocycles. The number of carbonyl (C=O) groups is 1. The van der Waals surface area contributed by atoms with Crippen LogP contribution in [0.1, 0.15) is 19.8 Å². The van der Waals surface area contributed by atoms with Crippen LogP contribution in [0.4, 0.5) is 14.5 Å². The van der Waals surface area contributed by atoms with Crippen molar-refractivity contribution in [1.29, 1.82) is 0 Å². The molecule has 116 valence electrons. The van der Waals surface area contributed by atoms with Gasteiger partial charge in [-0.3, -0.25) is 4.79 Å². The highest BCUT2D eigenvalue weighted by atomic mass is 32.2. The third-order valence-electron chi connectivity index (χ3n) is 3.74. The van der Waals surface area contributed by atoms with E-state index in [4.69, 9.17) is 0 Å². The van der Waals surface area contributed by atoms with Crippen molar-refractivity contribution in [3.8, 4) is 0 Å². The van der Waals surface area contributed by atoms with Crippen LogP contribution in [0.15, 0.2) is 29.2 Å². The third kappa shape index (κ3) is 3.23. The molecule has 21 heavy (non-hydrogen) atoms. The molecule has 0 aliphatic carbocycles. The van der Waals surface area contributed by atoms with Crippen molar-refractivity contribution in [1.82, 2.24) is 0 Å². The van der Waals surface area contributed by atoms with Gasteiger partial charge in [0.05, 0.1) is 10.6 Å². The van der Waals surface area contributed by atoms with E-state index in [1.807, 2.05) is 0 Å². The third-order valence-corrected chi connectivity index (χ3v) is 5.17. The van der Waals surface area contributed by atoms with Gasteiger partial charge in [-0.2, -0.15) is 8.78 Å². The van der Waals surface area contributed by atoms with Gasteiger partial charge >= 0.3 is 5.76 Å². The quantitative estimate of drug-likeness (QED) is 0.856. The van der Waals surface area contributed by atoms with E-state index in [-0.39, 0.29) is 22.3 Å². The van der Waals surface area contributed by atoms with Crippen molar-refractivity contribution in [2.45, 2.75) is 30.4 Å². The Hall–Kier alpha value is -1.50. The minimum absolute atomic E-state index is 0.0360. The number of rotatable bonds is 4. The van der Waals surface area contributed by atoms with Gasteiger partial charge in [0, 0.05) is 19.0 Å². The average molecular weight is 317 g/mol. The van der Waals surface area contributed by atoms with Gasteiger partial charge in [-0.15, -0.1) is 0 Å². The van der Waals surface area contributed by atoms with E-state index in [9.17, 15) is 22.0 Å². The normalized spacial score (nSPS) is 19.8. The second-order valence-electron chi connectivity index (χ2n) is 5.17. The predicted molar refractivity (Wildman–Crippen MR) is 75.2 cm³/mol. The fourth-order valence-electron chi connectivity index (χ4n) is 2.58. The van der Waals surface area contributed by atoms with Crippen molar-refractivity contribution in [3.63, 3.8) is 0 Å². The van der Waals surface area contributed by atoms with Gasteiger partial charge in [-0.1, -0.05) is 12.1 Å². The van der Waals surface area contributed by atoms with Gasteiger partial charge in [0.1, 0.15) is 5.78 Å². The van der Waals surface area contributed by atoms with E-state index in [0.717, 1.165) is 12.8 Å². The zero-order valence-corrected chi connectivity index (χ0v) is 12.4. The molecular formula is C14H17F2NO3S. The predicted octanol–water partition coefficient (Wildman–Crippen LogP) is 2.49. The van der Waals surface area contributed by atoms with Crippen molar-refractivity contribution >= 4 is 21.3 Å². The molecule has 0 aromatic heterocycles. The Morgan fingerprint density at radius 2 is 2.00 bits per heavy atom. The fraction of sp³-hybridized carbons (Fsp3) is 0.500. The lowest BCUT2D eigenvalue weighted by molar-refractivity contribution is -0.120. The Balaban J connectivity index is 2.39. The van der Waals surface area contributed by atoms with E-state index in [0.29, 0.717) is 13.1 Å². The molecular weight excluding hydrogens is 300 g/mol. The number of Topliss-reactive ketones (excluding diaryl/α,β-unsaturated/α-hetero) is 1. The van der Waals surface area contributed by atoms with Gasteiger partial charge < -0.3 is 4.90 Å². The molecule has 1 fully saturated rings. The molecule has 1 atom stereocenters. The highest BCUT2D eigenvalue weighted by Gasteiger charge is 2.32. The Morgan fingerprint density at radius 3 is 2.62 bits per heavy atom. The molecule has 7 heteroatoms. The second-order valence-corrected chi connectivity index (χ2v) is 7.06. The van der Waals surface area contributed by atoms with Crippen molar-refractivity contribution < 1.29 is 22.0 Å². The van der Waals surface area contributed by atoms with E-state index in [1.165, 1.54) is 25.1 Å².